The predicted octanol–water partition coefficient (Wildman–Crippen LogP) is 4.36. The van der Waals surface area contributed by atoms with Gasteiger partial charge in [0.05, 0.1) is 18.7 Å². The van der Waals surface area contributed by atoms with Crippen LogP contribution in [0.1, 0.15) is 37.7 Å². The molecule has 1 saturated heterocycles. The number of nitrogens with one attached hydrogen (secondary N) is 1. The van der Waals surface area contributed by atoms with Gasteiger partial charge in [-0.25, -0.2) is 0 Å². The van der Waals surface area contributed by atoms with Crippen LogP contribution in [0, 0.1) is 5.92 Å². The van der Waals surface area contributed by atoms with E-state index >= 15 is 0 Å². The number of para-hydroxylation sites is 3. The number of amides is 1. The Balaban J connectivity index is 1.28. The van der Waals surface area contributed by atoms with Crippen LogP contribution in [0.15, 0.2) is 48.5 Å². The minimum Gasteiger partial charge on any atom is -0.495 e. The first kappa shape index (κ1) is 20.7. The molecule has 0 saturated carbocycles. The lowest BCUT2D eigenvalue weighted by Crippen LogP contribution is -2.47. The zero-order valence-electron chi connectivity index (χ0n) is 18.1. The topological polar surface area (TPSA) is 44.8 Å². The van der Waals surface area contributed by atoms with Crippen molar-refractivity contribution < 1.29 is 9.53 Å². The number of ether oxygens (including phenoxy) is 1. The third kappa shape index (κ3) is 4.46. The molecular formula is C25H33N3O2. The molecule has 1 N–H and O–H groups in total. The summed E-state index contributed by atoms with van der Waals surface area (Å²) in [7, 11) is 1.74. The van der Waals surface area contributed by atoms with Crippen molar-refractivity contribution in [3.63, 3.8) is 0 Å². The molecule has 1 fully saturated rings. The number of piperazine rings is 1. The number of carbonyl (C=O) groups excluding carboxylic acids is 1. The van der Waals surface area contributed by atoms with Gasteiger partial charge in [-0.05, 0) is 49.1 Å². The summed E-state index contributed by atoms with van der Waals surface area (Å²) in [6, 6.07) is 16.4. The second-order valence-electron chi connectivity index (χ2n) is 8.43. The normalized spacial score (nSPS) is 20.0. The summed E-state index contributed by atoms with van der Waals surface area (Å²) in [6.45, 7) is 7.55. The van der Waals surface area contributed by atoms with E-state index in [-0.39, 0.29) is 11.8 Å². The highest BCUT2D eigenvalue weighted by Crippen LogP contribution is 2.37. The van der Waals surface area contributed by atoms with Crippen LogP contribution in [0.2, 0.25) is 0 Å². The molecule has 2 atom stereocenters. The first-order valence-corrected chi connectivity index (χ1v) is 11.2. The van der Waals surface area contributed by atoms with Crippen LogP contribution in [0.4, 0.5) is 11.4 Å². The highest BCUT2D eigenvalue weighted by molar-refractivity contribution is 6.02. The Kier molecular flexibility index (Phi) is 6.58. The van der Waals surface area contributed by atoms with E-state index in [9.17, 15) is 4.79 Å². The molecule has 0 spiro atoms. The molecular weight excluding hydrogens is 374 g/mol. The molecule has 1 amide bonds. The molecule has 160 valence electrons. The van der Waals surface area contributed by atoms with E-state index in [1.165, 1.54) is 11.3 Å². The van der Waals surface area contributed by atoms with Gasteiger partial charge in [-0.2, -0.15) is 0 Å². The Morgan fingerprint density at radius 3 is 2.57 bits per heavy atom. The fourth-order valence-corrected chi connectivity index (χ4v) is 4.80. The van der Waals surface area contributed by atoms with E-state index in [4.69, 9.17) is 4.74 Å². The number of anilines is 2. The van der Waals surface area contributed by atoms with Crippen LogP contribution in [-0.4, -0.2) is 50.6 Å². The summed E-state index contributed by atoms with van der Waals surface area (Å²) in [5.74, 6) is 1.69. The van der Waals surface area contributed by atoms with Gasteiger partial charge >= 0.3 is 0 Å². The van der Waals surface area contributed by atoms with Crippen molar-refractivity contribution in [2.45, 2.75) is 32.1 Å². The molecule has 5 nitrogen and oxygen atoms in total. The number of rotatable bonds is 8. The Hall–Kier alpha value is -2.53. The van der Waals surface area contributed by atoms with Gasteiger partial charge in [0.1, 0.15) is 5.75 Å². The average molecular weight is 408 g/mol. The maximum atomic E-state index is 12.5. The molecule has 0 bridgehead atoms. The molecule has 2 heterocycles. The summed E-state index contributed by atoms with van der Waals surface area (Å²) >= 11 is 0. The molecule has 2 unspecified atom stereocenters. The number of nitrogens with zero attached hydrogens (tertiary/aromatic N) is 2. The monoisotopic (exact) mass is 407 g/mol. The summed E-state index contributed by atoms with van der Waals surface area (Å²) in [4.78, 5) is 17.5. The second kappa shape index (κ2) is 9.52. The van der Waals surface area contributed by atoms with E-state index in [1.54, 1.807) is 7.11 Å². The van der Waals surface area contributed by atoms with Gasteiger partial charge in [0.25, 0.3) is 0 Å². The molecule has 0 aromatic heterocycles. The lowest BCUT2D eigenvalue weighted by Gasteiger charge is -2.37. The van der Waals surface area contributed by atoms with Crippen LogP contribution in [0.25, 0.3) is 0 Å². The minimum absolute atomic E-state index is 0.00791. The van der Waals surface area contributed by atoms with E-state index in [1.807, 2.05) is 30.3 Å². The molecule has 4 rings (SSSR count). The highest BCUT2D eigenvalue weighted by atomic mass is 16.5. The Labute approximate surface area is 180 Å². The van der Waals surface area contributed by atoms with Crippen LogP contribution >= 0.6 is 0 Å². The number of hydrogen-bond acceptors (Lipinski definition) is 4. The number of carbonyl (C=O) groups is 1. The average Bonchev–Trinajstić information content (AvgIpc) is 3.11. The third-order valence-electron chi connectivity index (χ3n) is 6.71. The van der Waals surface area contributed by atoms with Crippen molar-refractivity contribution >= 4 is 17.3 Å². The van der Waals surface area contributed by atoms with Gasteiger partial charge in [-0.3, -0.25) is 9.69 Å². The van der Waals surface area contributed by atoms with E-state index in [0.717, 1.165) is 63.4 Å². The zero-order chi connectivity index (χ0) is 20.9. The van der Waals surface area contributed by atoms with Crippen molar-refractivity contribution in [2.24, 2.45) is 5.92 Å². The number of hydrogen-bond donors (Lipinski definition) is 1. The van der Waals surface area contributed by atoms with Crippen LogP contribution in [0.5, 0.6) is 5.75 Å². The molecule has 2 aromatic carbocycles. The fraction of sp³-hybridized carbons (Fsp3) is 0.480. The molecule has 30 heavy (non-hydrogen) atoms. The van der Waals surface area contributed by atoms with Crippen LogP contribution in [0.3, 0.4) is 0 Å². The van der Waals surface area contributed by atoms with Crippen LogP contribution < -0.4 is 15.0 Å². The maximum absolute atomic E-state index is 12.5. The highest BCUT2D eigenvalue weighted by Gasteiger charge is 2.32. The summed E-state index contributed by atoms with van der Waals surface area (Å²) in [5, 5.41) is 3.05. The van der Waals surface area contributed by atoms with Crippen molar-refractivity contribution in [1.82, 2.24) is 4.90 Å². The Morgan fingerprint density at radius 2 is 1.80 bits per heavy atom. The quantitative estimate of drug-likeness (QED) is 0.706. The lowest BCUT2D eigenvalue weighted by molar-refractivity contribution is -0.117. The van der Waals surface area contributed by atoms with Crippen molar-refractivity contribution in [3.8, 4) is 5.75 Å². The number of benzene rings is 2. The van der Waals surface area contributed by atoms with E-state index in [2.05, 4.69) is 40.2 Å². The third-order valence-corrected chi connectivity index (χ3v) is 6.71. The van der Waals surface area contributed by atoms with E-state index in [0.29, 0.717) is 5.92 Å². The molecule has 0 aliphatic carbocycles. The van der Waals surface area contributed by atoms with Crippen molar-refractivity contribution in [3.05, 3.63) is 54.1 Å². The van der Waals surface area contributed by atoms with Gasteiger partial charge in [-0.15, -0.1) is 0 Å². The molecule has 2 aliphatic heterocycles. The first-order chi connectivity index (χ1) is 14.7. The Morgan fingerprint density at radius 1 is 1.07 bits per heavy atom. The van der Waals surface area contributed by atoms with Crippen molar-refractivity contribution in [1.29, 1.82) is 0 Å². The molecule has 5 heteroatoms. The van der Waals surface area contributed by atoms with Crippen LogP contribution in [-0.2, 0) is 4.79 Å². The summed E-state index contributed by atoms with van der Waals surface area (Å²) in [5.41, 5.74) is 3.36. The Bertz CT molecular complexity index is 861. The van der Waals surface area contributed by atoms with Gasteiger partial charge < -0.3 is 15.0 Å². The van der Waals surface area contributed by atoms with E-state index < -0.39 is 0 Å². The van der Waals surface area contributed by atoms with Gasteiger partial charge in [0.2, 0.25) is 5.91 Å². The number of fused-ring (bicyclic) bond motifs is 1. The largest absolute Gasteiger partial charge is 0.495 e. The predicted molar refractivity (Wildman–Crippen MR) is 122 cm³/mol. The number of methoxy groups -OCH3 is 1. The summed E-state index contributed by atoms with van der Waals surface area (Å²) < 4.78 is 5.53. The SMILES string of the molecule is CCC(CCN1CCN(c2ccccc2OC)CC1)CC1C(=O)Nc2ccccc21. The second-order valence-corrected chi connectivity index (χ2v) is 8.43. The fourth-order valence-electron chi connectivity index (χ4n) is 4.80. The van der Waals surface area contributed by atoms with Crippen molar-refractivity contribution in [2.75, 3.05) is 50.1 Å². The molecule has 2 aliphatic rings. The maximum Gasteiger partial charge on any atom is 0.232 e. The molecule has 0 radical (unpaired) electrons. The first-order valence-electron chi connectivity index (χ1n) is 11.2. The smallest absolute Gasteiger partial charge is 0.232 e. The molecule has 2 aromatic rings. The van der Waals surface area contributed by atoms with Gasteiger partial charge in [0, 0.05) is 31.9 Å². The minimum atomic E-state index is 0.00791. The lowest BCUT2D eigenvalue weighted by atomic mass is 9.86. The van der Waals surface area contributed by atoms with Gasteiger partial charge in [0.15, 0.2) is 0 Å². The van der Waals surface area contributed by atoms with Gasteiger partial charge in [-0.1, -0.05) is 43.7 Å². The standard InChI is InChI=1S/C25H33N3O2/c1-3-19(18-21-20-8-4-5-9-22(20)26-25(21)29)12-13-27-14-16-28(17-15-27)23-10-6-7-11-24(23)30-2/h4-11,19,21H,3,12-18H2,1-2H3,(H,26,29). The summed E-state index contributed by atoms with van der Waals surface area (Å²) in [6.07, 6.45) is 3.21. The zero-order valence-corrected chi connectivity index (χ0v) is 18.1.